The molecule has 11 nitrogen and oxygen atoms in total. The van der Waals surface area contributed by atoms with Gasteiger partial charge in [0.25, 0.3) is 0 Å². The minimum Gasteiger partial charge on any atom is -0.480 e. The highest BCUT2D eigenvalue weighted by molar-refractivity contribution is 7.47. The van der Waals surface area contributed by atoms with Crippen molar-refractivity contribution in [3.05, 3.63) is 36.5 Å². The van der Waals surface area contributed by atoms with Crippen LogP contribution in [0.15, 0.2) is 36.5 Å². The number of esters is 2. The molecule has 0 spiro atoms. The first-order valence-electron chi connectivity index (χ1n) is 22.0. The molecule has 0 aromatic carbocycles. The number of carboxylic acid groups (broad SMARTS) is 1. The molecule has 56 heavy (non-hydrogen) atoms. The smallest absolute Gasteiger partial charge is 0.472 e. The van der Waals surface area contributed by atoms with Gasteiger partial charge in [0.2, 0.25) is 0 Å². The summed E-state index contributed by atoms with van der Waals surface area (Å²) in [6.45, 7) is 2.76. The van der Waals surface area contributed by atoms with Crippen molar-refractivity contribution in [1.82, 2.24) is 0 Å². The third kappa shape index (κ3) is 38.6. The van der Waals surface area contributed by atoms with Crippen molar-refractivity contribution in [2.24, 2.45) is 5.73 Å². The molecule has 0 heterocycles. The third-order valence-corrected chi connectivity index (χ3v) is 10.3. The number of nitrogens with two attached hydrogens (primary N) is 1. The van der Waals surface area contributed by atoms with E-state index < -0.39 is 51.1 Å². The van der Waals surface area contributed by atoms with Crippen molar-refractivity contribution in [3.63, 3.8) is 0 Å². The molecule has 3 unspecified atom stereocenters. The molecule has 0 fully saturated rings. The topological polar surface area (TPSA) is 172 Å². The van der Waals surface area contributed by atoms with Gasteiger partial charge in [-0.05, 0) is 51.4 Å². The Morgan fingerprint density at radius 1 is 0.554 bits per heavy atom. The van der Waals surface area contributed by atoms with Gasteiger partial charge in [-0.1, -0.05) is 166 Å². The number of aliphatic carboxylic acids is 1. The number of carbonyl (C=O) groups is 3. The number of carboxylic acids is 1. The highest BCUT2D eigenvalue weighted by Gasteiger charge is 2.28. The summed E-state index contributed by atoms with van der Waals surface area (Å²) in [6.07, 6.45) is 42.0. The van der Waals surface area contributed by atoms with Gasteiger partial charge in [0.15, 0.2) is 6.10 Å². The minimum absolute atomic E-state index is 0.159. The maximum Gasteiger partial charge on any atom is 0.472 e. The lowest BCUT2D eigenvalue weighted by Gasteiger charge is -2.20. The first kappa shape index (κ1) is 53.7. The largest absolute Gasteiger partial charge is 0.480 e. The number of carbonyl (C=O) groups excluding carboxylic acids is 2. The quantitative estimate of drug-likeness (QED) is 0.0232. The van der Waals surface area contributed by atoms with Crippen LogP contribution in [0.4, 0.5) is 0 Å². The molecule has 326 valence electrons. The van der Waals surface area contributed by atoms with Crippen LogP contribution in [0, 0.1) is 0 Å². The van der Waals surface area contributed by atoms with Crippen molar-refractivity contribution in [3.8, 4) is 0 Å². The van der Waals surface area contributed by atoms with E-state index in [0.29, 0.717) is 12.8 Å². The van der Waals surface area contributed by atoms with E-state index in [1.165, 1.54) is 96.3 Å². The van der Waals surface area contributed by atoms with E-state index in [1.807, 2.05) is 0 Å². The Bertz CT molecular complexity index is 1100. The van der Waals surface area contributed by atoms with Crippen LogP contribution < -0.4 is 5.73 Å². The Balaban J connectivity index is 4.39. The zero-order valence-corrected chi connectivity index (χ0v) is 36.1. The average molecular weight is 814 g/mol. The molecule has 0 saturated carbocycles. The fourth-order valence-corrected chi connectivity index (χ4v) is 6.67. The van der Waals surface area contributed by atoms with E-state index in [2.05, 4.69) is 54.8 Å². The maximum absolute atomic E-state index is 12.6. The van der Waals surface area contributed by atoms with Crippen LogP contribution in [0.5, 0.6) is 0 Å². The summed E-state index contributed by atoms with van der Waals surface area (Å²) < 4.78 is 32.7. The van der Waals surface area contributed by atoms with Gasteiger partial charge in [0.1, 0.15) is 12.6 Å². The number of hydrogen-bond acceptors (Lipinski definition) is 9. The molecule has 0 radical (unpaired) electrons. The van der Waals surface area contributed by atoms with Gasteiger partial charge in [-0.3, -0.25) is 23.4 Å². The number of rotatable bonds is 41. The molecule has 0 bridgehead atoms. The molecule has 0 aromatic rings. The number of phosphoric acid groups is 1. The van der Waals surface area contributed by atoms with Crippen molar-refractivity contribution in [1.29, 1.82) is 0 Å². The summed E-state index contributed by atoms with van der Waals surface area (Å²) in [7, 11) is -4.72. The predicted octanol–water partition coefficient (Wildman–Crippen LogP) is 11.6. The SMILES string of the molecule is CCCCCC=CCC=CCC=CCCCCCCC(=O)OCC(COP(=O)(O)OCC(N)C(=O)O)OC(=O)CCCCCCCCCCCCCCCCC. The number of phosphoric ester groups is 1. The molecule has 4 N–H and O–H groups in total. The Labute approximate surface area is 340 Å². The summed E-state index contributed by atoms with van der Waals surface area (Å²) in [5, 5.41) is 8.89. The first-order chi connectivity index (χ1) is 27.1. The van der Waals surface area contributed by atoms with Crippen molar-refractivity contribution < 1.29 is 47.5 Å². The molecule has 0 aliphatic rings. The highest BCUT2D eigenvalue weighted by atomic mass is 31.2. The second-order valence-electron chi connectivity index (χ2n) is 14.8. The van der Waals surface area contributed by atoms with E-state index in [1.54, 1.807) is 0 Å². The Kier molecular flexibility index (Phi) is 37.9. The average Bonchev–Trinajstić information content (AvgIpc) is 3.17. The maximum atomic E-state index is 12.6. The van der Waals surface area contributed by atoms with Crippen LogP contribution in [0.3, 0.4) is 0 Å². The van der Waals surface area contributed by atoms with Gasteiger partial charge in [0, 0.05) is 12.8 Å². The van der Waals surface area contributed by atoms with Gasteiger partial charge in [-0.2, -0.15) is 0 Å². The normalized spacial score (nSPS) is 14.1. The monoisotopic (exact) mass is 814 g/mol. The third-order valence-electron chi connectivity index (χ3n) is 9.39. The summed E-state index contributed by atoms with van der Waals surface area (Å²) in [6, 6.07) is -1.52. The van der Waals surface area contributed by atoms with Crippen LogP contribution in [-0.2, 0) is 37.5 Å². The molecule has 0 aromatic heterocycles. The molecule has 0 aliphatic carbocycles. The molecular formula is C44H80NO10P. The van der Waals surface area contributed by atoms with Crippen LogP contribution >= 0.6 is 7.82 Å². The Morgan fingerprint density at radius 2 is 0.946 bits per heavy atom. The number of allylic oxidation sites excluding steroid dienone is 6. The Morgan fingerprint density at radius 3 is 1.45 bits per heavy atom. The molecule has 0 amide bonds. The number of unbranched alkanes of at least 4 members (excludes halogenated alkanes) is 21. The van der Waals surface area contributed by atoms with E-state index in [4.69, 9.17) is 24.8 Å². The summed E-state index contributed by atoms with van der Waals surface area (Å²) in [4.78, 5) is 45.9. The zero-order chi connectivity index (χ0) is 41.4. The van der Waals surface area contributed by atoms with E-state index >= 15 is 0 Å². The zero-order valence-electron chi connectivity index (χ0n) is 35.2. The molecule has 0 rings (SSSR count). The molecular weight excluding hydrogens is 733 g/mol. The fourth-order valence-electron chi connectivity index (χ4n) is 5.90. The Hall–Kier alpha value is -2.30. The highest BCUT2D eigenvalue weighted by Crippen LogP contribution is 2.43. The number of ether oxygens (including phenoxy) is 2. The minimum atomic E-state index is -4.72. The summed E-state index contributed by atoms with van der Waals surface area (Å²) >= 11 is 0. The van der Waals surface area contributed by atoms with Gasteiger partial charge in [-0.25, -0.2) is 4.57 Å². The van der Waals surface area contributed by atoms with E-state index in [-0.39, 0.29) is 19.4 Å². The van der Waals surface area contributed by atoms with E-state index in [0.717, 1.165) is 57.8 Å². The predicted molar refractivity (Wildman–Crippen MR) is 226 cm³/mol. The van der Waals surface area contributed by atoms with Crippen molar-refractivity contribution in [2.45, 2.75) is 206 Å². The van der Waals surface area contributed by atoms with Gasteiger partial charge in [0.05, 0.1) is 13.2 Å². The fraction of sp³-hybridized carbons (Fsp3) is 0.795. The van der Waals surface area contributed by atoms with E-state index in [9.17, 15) is 23.8 Å². The second kappa shape index (κ2) is 39.5. The molecule has 0 saturated heterocycles. The molecule has 3 atom stereocenters. The van der Waals surface area contributed by atoms with Crippen LogP contribution in [0.25, 0.3) is 0 Å². The second-order valence-corrected chi connectivity index (χ2v) is 16.3. The van der Waals surface area contributed by atoms with Crippen molar-refractivity contribution >= 4 is 25.7 Å². The lowest BCUT2D eigenvalue weighted by molar-refractivity contribution is -0.161. The van der Waals surface area contributed by atoms with Crippen LogP contribution in [0.2, 0.25) is 0 Å². The summed E-state index contributed by atoms with van der Waals surface area (Å²) in [5.74, 6) is -2.40. The van der Waals surface area contributed by atoms with Crippen LogP contribution in [-0.4, -0.2) is 59.9 Å². The first-order valence-corrected chi connectivity index (χ1v) is 23.5. The van der Waals surface area contributed by atoms with Crippen molar-refractivity contribution in [2.75, 3.05) is 19.8 Å². The van der Waals surface area contributed by atoms with Gasteiger partial charge < -0.3 is 25.2 Å². The number of hydrogen-bond donors (Lipinski definition) is 3. The molecule has 12 heteroatoms. The standard InChI is InChI=1S/C44H80NO10P/c1-3-5-7-9-11-13-15-17-19-20-22-23-25-27-29-31-33-35-42(46)52-37-40(38-53-56(50,51)54-39-41(45)44(48)49)55-43(47)36-34-32-30-28-26-24-21-18-16-14-12-10-8-6-4-2/h11,13,17,19,22-23,40-41H,3-10,12,14-16,18,20-21,24-39,45H2,1-2H3,(H,48,49)(H,50,51). The summed E-state index contributed by atoms with van der Waals surface area (Å²) in [5.41, 5.74) is 5.33. The lowest BCUT2D eigenvalue weighted by atomic mass is 10.0. The van der Waals surface area contributed by atoms with Gasteiger partial charge in [-0.15, -0.1) is 0 Å². The lowest BCUT2D eigenvalue weighted by Crippen LogP contribution is -2.34. The molecule has 0 aliphatic heterocycles. The van der Waals surface area contributed by atoms with Gasteiger partial charge >= 0.3 is 25.7 Å². The van der Waals surface area contributed by atoms with Crippen LogP contribution in [0.1, 0.15) is 194 Å².